The molecule has 0 spiro atoms. The Morgan fingerprint density at radius 1 is 1.10 bits per heavy atom. The molecule has 0 aromatic heterocycles. The van der Waals surface area contributed by atoms with Gasteiger partial charge in [-0.3, -0.25) is 4.79 Å². The van der Waals surface area contributed by atoms with Gasteiger partial charge in [0, 0.05) is 10.7 Å². The predicted octanol–water partition coefficient (Wildman–Crippen LogP) is 3.24. The van der Waals surface area contributed by atoms with Gasteiger partial charge in [-0.05, 0) is 42.7 Å². The number of hydrogen-bond acceptors (Lipinski definition) is 2. The lowest BCUT2D eigenvalue weighted by Crippen LogP contribution is -2.35. The van der Waals surface area contributed by atoms with Crippen molar-refractivity contribution in [3.63, 3.8) is 0 Å². The normalized spacial score (nSPS) is 11.8. The van der Waals surface area contributed by atoms with Crippen molar-refractivity contribution in [3.8, 4) is 0 Å². The maximum Gasteiger partial charge on any atom is 0.239 e. The molecule has 1 amide bonds. The number of hydrogen-bond donors (Lipinski definition) is 2. The number of anilines is 1. The fourth-order valence-electron chi connectivity index (χ4n) is 1.99. The zero-order valence-corrected chi connectivity index (χ0v) is 11.8. The Labute approximate surface area is 123 Å². The Hall–Kier alpha value is -2.00. The van der Waals surface area contributed by atoms with Crippen LogP contribution in [0.5, 0.6) is 0 Å². The van der Waals surface area contributed by atoms with Gasteiger partial charge >= 0.3 is 0 Å². The van der Waals surface area contributed by atoms with E-state index in [9.17, 15) is 4.79 Å². The van der Waals surface area contributed by atoms with Crippen LogP contribution in [0.1, 0.15) is 12.0 Å². The van der Waals surface area contributed by atoms with E-state index in [1.54, 1.807) is 12.1 Å². The standard InChI is InChI=1S/C16H17ClN2O/c17-13-7-9-14(10-8-13)19-15(16(18)20)11-6-12-4-2-1-3-5-12/h1-5,7-10,15,19H,6,11H2,(H2,18,20). The molecule has 0 heterocycles. The third-order valence-electron chi connectivity index (χ3n) is 3.09. The Balaban J connectivity index is 1.97. The Morgan fingerprint density at radius 3 is 2.35 bits per heavy atom. The van der Waals surface area contributed by atoms with Gasteiger partial charge in [-0.1, -0.05) is 41.9 Å². The lowest BCUT2D eigenvalue weighted by atomic mass is 10.0. The number of aryl methyl sites for hydroxylation is 1. The van der Waals surface area contributed by atoms with Crippen LogP contribution in [0.2, 0.25) is 5.02 Å². The summed E-state index contributed by atoms with van der Waals surface area (Å²) in [6, 6.07) is 16.9. The third-order valence-corrected chi connectivity index (χ3v) is 3.35. The number of nitrogens with one attached hydrogen (secondary N) is 1. The maximum atomic E-state index is 11.5. The van der Waals surface area contributed by atoms with Crippen molar-refractivity contribution in [3.05, 3.63) is 65.2 Å². The largest absolute Gasteiger partial charge is 0.374 e. The van der Waals surface area contributed by atoms with Crippen molar-refractivity contribution in [2.75, 3.05) is 5.32 Å². The molecule has 0 aliphatic heterocycles. The van der Waals surface area contributed by atoms with E-state index in [-0.39, 0.29) is 5.91 Å². The molecule has 2 rings (SSSR count). The molecule has 4 heteroatoms. The Bertz CT molecular complexity index is 554. The molecule has 2 aromatic rings. The van der Waals surface area contributed by atoms with E-state index in [0.717, 1.165) is 12.1 Å². The van der Waals surface area contributed by atoms with Crippen molar-refractivity contribution < 1.29 is 4.79 Å². The summed E-state index contributed by atoms with van der Waals surface area (Å²) in [4.78, 5) is 11.5. The van der Waals surface area contributed by atoms with Gasteiger partial charge in [-0.2, -0.15) is 0 Å². The highest BCUT2D eigenvalue weighted by Crippen LogP contribution is 2.16. The first-order valence-corrected chi connectivity index (χ1v) is 6.88. The van der Waals surface area contributed by atoms with E-state index in [4.69, 9.17) is 17.3 Å². The molecule has 0 aliphatic rings. The average molecular weight is 289 g/mol. The van der Waals surface area contributed by atoms with Crippen LogP contribution in [0.4, 0.5) is 5.69 Å². The topological polar surface area (TPSA) is 55.1 Å². The number of primary amides is 1. The quantitative estimate of drug-likeness (QED) is 0.857. The van der Waals surface area contributed by atoms with Crippen LogP contribution in [0.3, 0.4) is 0 Å². The minimum atomic E-state index is -0.392. The van der Waals surface area contributed by atoms with Gasteiger partial charge in [-0.15, -0.1) is 0 Å². The van der Waals surface area contributed by atoms with Gasteiger partial charge in [0.1, 0.15) is 6.04 Å². The molecule has 0 aliphatic carbocycles. The van der Waals surface area contributed by atoms with E-state index >= 15 is 0 Å². The van der Waals surface area contributed by atoms with Crippen molar-refractivity contribution in [1.82, 2.24) is 0 Å². The fourth-order valence-corrected chi connectivity index (χ4v) is 2.11. The molecule has 1 unspecified atom stereocenters. The predicted molar refractivity (Wildman–Crippen MR) is 82.8 cm³/mol. The molecule has 104 valence electrons. The highest BCUT2D eigenvalue weighted by molar-refractivity contribution is 6.30. The highest BCUT2D eigenvalue weighted by atomic mass is 35.5. The van der Waals surface area contributed by atoms with Gasteiger partial charge in [0.25, 0.3) is 0 Å². The van der Waals surface area contributed by atoms with Crippen LogP contribution in [-0.2, 0) is 11.2 Å². The number of nitrogens with two attached hydrogens (primary N) is 1. The molecule has 3 nitrogen and oxygen atoms in total. The minimum absolute atomic E-state index is 0.351. The van der Waals surface area contributed by atoms with E-state index in [0.29, 0.717) is 11.4 Å². The second-order valence-electron chi connectivity index (χ2n) is 4.63. The monoisotopic (exact) mass is 288 g/mol. The molecule has 0 bridgehead atoms. The van der Waals surface area contributed by atoms with Crippen LogP contribution < -0.4 is 11.1 Å². The lowest BCUT2D eigenvalue weighted by molar-refractivity contribution is -0.118. The summed E-state index contributed by atoms with van der Waals surface area (Å²) in [5, 5.41) is 3.81. The number of halogens is 1. The third kappa shape index (κ3) is 4.28. The Kier molecular flexibility index (Phi) is 5.02. The van der Waals surface area contributed by atoms with Crippen LogP contribution in [0, 0.1) is 0 Å². The Morgan fingerprint density at radius 2 is 1.75 bits per heavy atom. The molecular formula is C16H17ClN2O. The smallest absolute Gasteiger partial charge is 0.239 e. The zero-order valence-electron chi connectivity index (χ0n) is 11.1. The molecule has 0 radical (unpaired) electrons. The summed E-state index contributed by atoms with van der Waals surface area (Å²) in [6.07, 6.45) is 1.46. The SMILES string of the molecule is NC(=O)C(CCc1ccccc1)Nc1ccc(Cl)cc1. The number of carbonyl (C=O) groups excluding carboxylic acids is 1. The summed E-state index contributed by atoms with van der Waals surface area (Å²) in [5.74, 6) is -0.351. The molecule has 20 heavy (non-hydrogen) atoms. The van der Waals surface area contributed by atoms with Crippen molar-refractivity contribution in [2.24, 2.45) is 5.73 Å². The number of rotatable bonds is 6. The summed E-state index contributed by atoms with van der Waals surface area (Å²) in [7, 11) is 0. The zero-order chi connectivity index (χ0) is 14.4. The fraction of sp³-hybridized carbons (Fsp3) is 0.188. The van der Waals surface area contributed by atoms with Crippen molar-refractivity contribution in [2.45, 2.75) is 18.9 Å². The first-order chi connectivity index (χ1) is 9.65. The second-order valence-corrected chi connectivity index (χ2v) is 5.07. The van der Waals surface area contributed by atoms with Crippen molar-refractivity contribution >= 4 is 23.2 Å². The van der Waals surface area contributed by atoms with Crippen LogP contribution in [0.15, 0.2) is 54.6 Å². The molecule has 0 saturated carbocycles. The first kappa shape index (κ1) is 14.4. The van der Waals surface area contributed by atoms with Gasteiger partial charge in [0.2, 0.25) is 5.91 Å². The van der Waals surface area contributed by atoms with E-state index in [1.165, 1.54) is 5.56 Å². The number of carbonyl (C=O) groups is 1. The molecule has 3 N–H and O–H groups in total. The summed E-state index contributed by atoms with van der Waals surface area (Å²) < 4.78 is 0. The maximum absolute atomic E-state index is 11.5. The molecule has 0 saturated heterocycles. The van der Waals surface area contributed by atoms with Gasteiger partial charge in [0.15, 0.2) is 0 Å². The molecular weight excluding hydrogens is 272 g/mol. The van der Waals surface area contributed by atoms with E-state index in [2.05, 4.69) is 5.32 Å². The average Bonchev–Trinajstić information content (AvgIpc) is 2.46. The van der Waals surface area contributed by atoms with E-state index in [1.807, 2.05) is 42.5 Å². The van der Waals surface area contributed by atoms with Crippen molar-refractivity contribution in [1.29, 1.82) is 0 Å². The summed E-state index contributed by atoms with van der Waals surface area (Å²) >= 11 is 5.83. The highest BCUT2D eigenvalue weighted by Gasteiger charge is 2.14. The van der Waals surface area contributed by atoms with Crippen LogP contribution in [0.25, 0.3) is 0 Å². The van der Waals surface area contributed by atoms with Gasteiger partial charge < -0.3 is 11.1 Å². The van der Waals surface area contributed by atoms with Crippen LogP contribution in [-0.4, -0.2) is 11.9 Å². The van der Waals surface area contributed by atoms with Gasteiger partial charge in [0.05, 0.1) is 0 Å². The first-order valence-electron chi connectivity index (χ1n) is 6.50. The van der Waals surface area contributed by atoms with Gasteiger partial charge in [-0.25, -0.2) is 0 Å². The van der Waals surface area contributed by atoms with Crippen LogP contribution >= 0.6 is 11.6 Å². The molecule has 2 aromatic carbocycles. The number of benzene rings is 2. The summed E-state index contributed by atoms with van der Waals surface area (Å²) in [5.41, 5.74) is 7.48. The lowest BCUT2D eigenvalue weighted by Gasteiger charge is -2.16. The molecule has 1 atom stereocenters. The second kappa shape index (κ2) is 6.96. The minimum Gasteiger partial charge on any atom is -0.374 e. The summed E-state index contributed by atoms with van der Waals surface area (Å²) in [6.45, 7) is 0. The number of amides is 1. The van der Waals surface area contributed by atoms with E-state index < -0.39 is 6.04 Å². The molecule has 0 fully saturated rings.